The van der Waals surface area contributed by atoms with Crippen LogP contribution >= 0.6 is 0 Å². The molecule has 2 rings (SSSR count). The first-order valence-electron chi connectivity index (χ1n) is 8.95. The SMILES string of the molecule is CCCNS(=O)(=O)c1ccc(CCC(=O)N[C@@H](C)c2ccc(F)cc2)cc1. The molecule has 2 aromatic rings. The molecule has 27 heavy (non-hydrogen) atoms. The van der Waals surface area contributed by atoms with Crippen LogP contribution in [0, 0.1) is 5.82 Å². The Kier molecular flexibility index (Phi) is 7.50. The molecule has 1 atom stereocenters. The van der Waals surface area contributed by atoms with Gasteiger partial charge in [-0.05, 0) is 55.2 Å². The fraction of sp³-hybridized carbons (Fsp3) is 0.350. The third-order valence-electron chi connectivity index (χ3n) is 4.16. The maximum atomic E-state index is 13.0. The van der Waals surface area contributed by atoms with E-state index in [0.717, 1.165) is 17.5 Å². The standard InChI is InChI=1S/C20H25FN2O3S/c1-3-14-22-27(25,26)19-11-4-16(5-12-19)6-13-20(24)23-15(2)17-7-9-18(21)10-8-17/h4-5,7-12,15,22H,3,6,13-14H2,1-2H3,(H,23,24)/t15-/m0/s1. The molecule has 0 spiro atoms. The molecular formula is C20H25FN2O3S. The van der Waals surface area contributed by atoms with Gasteiger partial charge in [-0.3, -0.25) is 4.79 Å². The number of hydrogen-bond acceptors (Lipinski definition) is 3. The lowest BCUT2D eigenvalue weighted by atomic mass is 10.1. The van der Waals surface area contributed by atoms with E-state index in [1.54, 1.807) is 36.4 Å². The Balaban J connectivity index is 1.87. The molecule has 0 bridgehead atoms. The summed E-state index contributed by atoms with van der Waals surface area (Å²) in [5.74, 6) is -0.430. The van der Waals surface area contributed by atoms with E-state index in [1.807, 2.05) is 13.8 Å². The van der Waals surface area contributed by atoms with Gasteiger partial charge >= 0.3 is 0 Å². The third kappa shape index (κ3) is 6.45. The van der Waals surface area contributed by atoms with Crippen LogP contribution in [0.3, 0.4) is 0 Å². The lowest BCUT2D eigenvalue weighted by Gasteiger charge is -2.14. The molecule has 146 valence electrons. The number of rotatable bonds is 9. The summed E-state index contributed by atoms with van der Waals surface area (Å²) < 4.78 is 39.6. The third-order valence-corrected chi connectivity index (χ3v) is 5.64. The van der Waals surface area contributed by atoms with Crippen LogP contribution in [0.5, 0.6) is 0 Å². The molecule has 2 N–H and O–H groups in total. The Bertz CT molecular complexity index is 850. The maximum Gasteiger partial charge on any atom is 0.240 e. The van der Waals surface area contributed by atoms with Gasteiger partial charge in [0.05, 0.1) is 10.9 Å². The van der Waals surface area contributed by atoms with Crippen LogP contribution in [0.15, 0.2) is 53.4 Å². The van der Waals surface area contributed by atoms with Crippen molar-refractivity contribution in [2.75, 3.05) is 6.54 Å². The number of nitrogens with one attached hydrogen (secondary N) is 2. The smallest absolute Gasteiger partial charge is 0.240 e. The van der Waals surface area contributed by atoms with E-state index in [4.69, 9.17) is 0 Å². The number of amides is 1. The monoisotopic (exact) mass is 392 g/mol. The van der Waals surface area contributed by atoms with Crippen LogP contribution in [0.1, 0.15) is 43.9 Å². The van der Waals surface area contributed by atoms with Gasteiger partial charge in [-0.1, -0.05) is 31.2 Å². The summed E-state index contributed by atoms with van der Waals surface area (Å²) in [6.07, 6.45) is 1.51. The number of carbonyl (C=O) groups excluding carboxylic acids is 1. The van der Waals surface area contributed by atoms with Gasteiger partial charge in [0.25, 0.3) is 0 Å². The zero-order chi connectivity index (χ0) is 19.9. The Hall–Kier alpha value is -2.25. The van der Waals surface area contributed by atoms with Crippen LogP contribution in [-0.4, -0.2) is 20.9 Å². The summed E-state index contributed by atoms with van der Waals surface area (Å²) in [4.78, 5) is 12.3. The van der Waals surface area contributed by atoms with Crippen LogP contribution in [0.25, 0.3) is 0 Å². The Morgan fingerprint density at radius 1 is 1.07 bits per heavy atom. The molecule has 0 saturated carbocycles. The Labute approximate surface area is 160 Å². The molecule has 0 unspecified atom stereocenters. The average molecular weight is 392 g/mol. The normalized spacial score (nSPS) is 12.6. The van der Waals surface area contributed by atoms with Crippen molar-refractivity contribution in [3.63, 3.8) is 0 Å². The van der Waals surface area contributed by atoms with Gasteiger partial charge in [0.15, 0.2) is 0 Å². The highest BCUT2D eigenvalue weighted by Crippen LogP contribution is 2.14. The largest absolute Gasteiger partial charge is 0.350 e. The molecule has 5 nitrogen and oxygen atoms in total. The van der Waals surface area contributed by atoms with Crippen LogP contribution < -0.4 is 10.0 Å². The Morgan fingerprint density at radius 3 is 2.30 bits per heavy atom. The first-order chi connectivity index (χ1) is 12.8. The molecule has 0 aliphatic carbocycles. The van der Waals surface area contributed by atoms with Crippen LogP contribution in [-0.2, 0) is 21.2 Å². The van der Waals surface area contributed by atoms with Crippen molar-refractivity contribution in [3.8, 4) is 0 Å². The molecule has 0 heterocycles. The first-order valence-corrected chi connectivity index (χ1v) is 10.4. The highest BCUT2D eigenvalue weighted by Gasteiger charge is 2.13. The quantitative estimate of drug-likeness (QED) is 0.687. The van der Waals surface area contributed by atoms with E-state index in [0.29, 0.717) is 13.0 Å². The molecule has 0 radical (unpaired) electrons. The summed E-state index contributed by atoms with van der Waals surface area (Å²) in [5, 5.41) is 2.88. The van der Waals surface area contributed by atoms with E-state index in [1.165, 1.54) is 12.1 Å². The van der Waals surface area contributed by atoms with Gasteiger partial charge in [-0.25, -0.2) is 17.5 Å². The predicted molar refractivity (Wildman–Crippen MR) is 103 cm³/mol. The second kappa shape index (κ2) is 9.62. The van der Waals surface area contributed by atoms with Gasteiger partial charge in [0.1, 0.15) is 5.82 Å². The fourth-order valence-corrected chi connectivity index (χ4v) is 3.70. The lowest BCUT2D eigenvalue weighted by Crippen LogP contribution is -2.26. The van der Waals surface area contributed by atoms with Crippen molar-refractivity contribution in [1.82, 2.24) is 10.0 Å². The van der Waals surface area contributed by atoms with Crippen molar-refractivity contribution < 1.29 is 17.6 Å². The minimum Gasteiger partial charge on any atom is -0.350 e. The van der Waals surface area contributed by atoms with E-state index < -0.39 is 10.0 Å². The van der Waals surface area contributed by atoms with Crippen LogP contribution in [0.2, 0.25) is 0 Å². The minimum atomic E-state index is -3.48. The molecule has 0 fully saturated rings. The minimum absolute atomic E-state index is 0.117. The molecule has 0 aliphatic heterocycles. The highest BCUT2D eigenvalue weighted by atomic mass is 32.2. The zero-order valence-electron chi connectivity index (χ0n) is 15.5. The van der Waals surface area contributed by atoms with Crippen molar-refractivity contribution in [2.24, 2.45) is 0 Å². The molecule has 0 saturated heterocycles. The first kappa shape index (κ1) is 21.1. The van der Waals surface area contributed by atoms with Gasteiger partial charge in [0, 0.05) is 13.0 Å². The van der Waals surface area contributed by atoms with E-state index in [2.05, 4.69) is 10.0 Å². The van der Waals surface area contributed by atoms with E-state index in [9.17, 15) is 17.6 Å². The zero-order valence-corrected chi connectivity index (χ0v) is 16.4. The molecule has 0 aliphatic rings. The van der Waals surface area contributed by atoms with Crippen molar-refractivity contribution in [3.05, 3.63) is 65.5 Å². The van der Waals surface area contributed by atoms with Crippen molar-refractivity contribution >= 4 is 15.9 Å². The summed E-state index contributed by atoms with van der Waals surface area (Å²) in [6, 6.07) is 12.3. The van der Waals surface area contributed by atoms with Crippen LogP contribution in [0.4, 0.5) is 4.39 Å². The second-order valence-corrected chi connectivity index (χ2v) is 8.15. The second-order valence-electron chi connectivity index (χ2n) is 6.38. The number of carbonyl (C=O) groups is 1. The highest BCUT2D eigenvalue weighted by molar-refractivity contribution is 7.89. The number of halogens is 1. The Morgan fingerprint density at radius 2 is 1.70 bits per heavy atom. The number of sulfonamides is 1. The van der Waals surface area contributed by atoms with Gasteiger partial charge in [-0.2, -0.15) is 0 Å². The summed E-state index contributed by atoms with van der Waals surface area (Å²) in [7, 11) is -3.48. The molecule has 0 aromatic heterocycles. The van der Waals surface area contributed by atoms with Gasteiger partial charge in [-0.15, -0.1) is 0 Å². The topological polar surface area (TPSA) is 75.3 Å². The van der Waals surface area contributed by atoms with Gasteiger partial charge in [0.2, 0.25) is 15.9 Å². The average Bonchev–Trinajstić information content (AvgIpc) is 2.65. The molecular weight excluding hydrogens is 367 g/mol. The number of benzene rings is 2. The van der Waals surface area contributed by atoms with Crippen molar-refractivity contribution in [1.29, 1.82) is 0 Å². The lowest BCUT2D eigenvalue weighted by molar-refractivity contribution is -0.121. The van der Waals surface area contributed by atoms with E-state index >= 15 is 0 Å². The number of hydrogen-bond donors (Lipinski definition) is 2. The number of aryl methyl sites for hydroxylation is 1. The maximum absolute atomic E-state index is 13.0. The van der Waals surface area contributed by atoms with E-state index in [-0.39, 0.29) is 29.1 Å². The molecule has 7 heteroatoms. The summed E-state index contributed by atoms with van der Waals surface area (Å²) in [5.41, 5.74) is 1.72. The summed E-state index contributed by atoms with van der Waals surface area (Å²) >= 11 is 0. The predicted octanol–water partition coefficient (Wildman–Crippen LogP) is 3.32. The molecule has 2 aromatic carbocycles. The van der Waals surface area contributed by atoms with Crippen molar-refractivity contribution in [2.45, 2.75) is 44.0 Å². The molecule has 1 amide bonds. The van der Waals surface area contributed by atoms with Gasteiger partial charge < -0.3 is 5.32 Å². The fourth-order valence-electron chi connectivity index (χ4n) is 2.56. The summed E-state index contributed by atoms with van der Waals surface area (Å²) in [6.45, 7) is 4.14.